The van der Waals surface area contributed by atoms with E-state index in [1.807, 2.05) is 54.6 Å². The van der Waals surface area contributed by atoms with Crippen LogP contribution in [0.1, 0.15) is 18.4 Å². The van der Waals surface area contributed by atoms with Gasteiger partial charge in [-0.3, -0.25) is 4.79 Å². The summed E-state index contributed by atoms with van der Waals surface area (Å²) in [6.07, 6.45) is 2.25. The average Bonchev–Trinajstić information content (AvgIpc) is 2.83. The maximum atomic E-state index is 12.8. The number of aromatic nitrogens is 1. The number of ether oxygens (including phenoxy) is 1. The van der Waals surface area contributed by atoms with E-state index in [-0.39, 0.29) is 41.6 Å². The first-order valence-corrected chi connectivity index (χ1v) is 12.2. The first-order chi connectivity index (χ1) is 15.4. The molecule has 0 radical (unpaired) electrons. The van der Waals surface area contributed by atoms with E-state index in [0.29, 0.717) is 12.8 Å². The van der Waals surface area contributed by atoms with E-state index in [0.717, 1.165) is 16.7 Å². The molecule has 4 rings (SSSR count). The van der Waals surface area contributed by atoms with Crippen molar-refractivity contribution in [2.75, 3.05) is 13.1 Å². The molecular weight excluding hydrogens is 448 g/mol. The van der Waals surface area contributed by atoms with Crippen LogP contribution in [0.4, 0.5) is 0 Å². The first kappa shape index (κ1) is 22.5. The molecule has 2 aromatic carbocycles. The molecule has 1 fully saturated rings. The van der Waals surface area contributed by atoms with Crippen molar-refractivity contribution < 1.29 is 17.9 Å². The van der Waals surface area contributed by atoms with Gasteiger partial charge >= 0.3 is 5.97 Å². The highest BCUT2D eigenvalue weighted by molar-refractivity contribution is 7.89. The molecule has 3 aromatic rings. The summed E-state index contributed by atoms with van der Waals surface area (Å²) in [6.45, 7) is 0.663. The lowest BCUT2D eigenvalue weighted by atomic mass is 9.98. The Labute approximate surface area is 192 Å². The molecule has 6 nitrogen and oxygen atoms in total. The first-order valence-electron chi connectivity index (χ1n) is 10.4. The summed E-state index contributed by atoms with van der Waals surface area (Å²) in [4.78, 5) is 16.4. The largest absolute Gasteiger partial charge is 0.461 e. The SMILES string of the molecule is O=C(OCc1ccc(-c2ccccc2)cc1)C1CCN(S(=O)(=O)c2cccnc2Cl)CC1. The van der Waals surface area contributed by atoms with Crippen molar-refractivity contribution in [2.45, 2.75) is 24.3 Å². The molecule has 0 atom stereocenters. The Morgan fingerprint density at radius 2 is 1.62 bits per heavy atom. The molecule has 0 unspecified atom stereocenters. The Hall–Kier alpha value is -2.74. The molecule has 0 N–H and O–H groups in total. The third-order valence-corrected chi connectivity index (χ3v) is 7.92. The fraction of sp³-hybridized carbons (Fsp3) is 0.250. The number of benzene rings is 2. The number of nitrogens with zero attached hydrogens (tertiary/aromatic N) is 2. The van der Waals surface area contributed by atoms with Gasteiger partial charge in [0.05, 0.1) is 5.92 Å². The van der Waals surface area contributed by atoms with Gasteiger partial charge in [0.1, 0.15) is 16.7 Å². The van der Waals surface area contributed by atoms with Crippen LogP contribution in [-0.4, -0.2) is 36.8 Å². The smallest absolute Gasteiger partial charge is 0.309 e. The van der Waals surface area contributed by atoms with Crippen LogP contribution >= 0.6 is 11.6 Å². The van der Waals surface area contributed by atoms with E-state index < -0.39 is 10.0 Å². The predicted molar refractivity (Wildman–Crippen MR) is 122 cm³/mol. The molecule has 8 heteroatoms. The van der Waals surface area contributed by atoms with E-state index in [4.69, 9.17) is 16.3 Å². The van der Waals surface area contributed by atoms with Crippen LogP contribution < -0.4 is 0 Å². The quantitative estimate of drug-likeness (QED) is 0.390. The predicted octanol–water partition coefficient (Wildman–Crippen LogP) is 4.55. The molecule has 0 saturated carbocycles. The number of piperidine rings is 1. The van der Waals surface area contributed by atoms with E-state index >= 15 is 0 Å². The van der Waals surface area contributed by atoms with Gasteiger partial charge in [-0.15, -0.1) is 0 Å². The summed E-state index contributed by atoms with van der Waals surface area (Å²) < 4.78 is 32.5. The lowest BCUT2D eigenvalue weighted by Crippen LogP contribution is -2.40. The molecule has 166 valence electrons. The van der Waals surface area contributed by atoms with Crippen LogP contribution in [0, 0.1) is 5.92 Å². The minimum absolute atomic E-state index is 0.0124. The van der Waals surface area contributed by atoms with Gasteiger partial charge in [0.2, 0.25) is 10.0 Å². The molecule has 32 heavy (non-hydrogen) atoms. The fourth-order valence-corrected chi connectivity index (χ4v) is 5.63. The molecule has 1 aliphatic rings. The molecule has 0 spiro atoms. The Bertz CT molecular complexity index is 1180. The average molecular weight is 471 g/mol. The number of hydrogen-bond acceptors (Lipinski definition) is 5. The maximum absolute atomic E-state index is 12.8. The van der Waals surface area contributed by atoms with Gasteiger partial charge < -0.3 is 4.74 Å². The Balaban J connectivity index is 1.30. The number of pyridine rings is 1. The third-order valence-electron chi connectivity index (χ3n) is 5.57. The van der Waals surface area contributed by atoms with Crippen LogP contribution in [-0.2, 0) is 26.2 Å². The lowest BCUT2D eigenvalue weighted by molar-refractivity contribution is -0.151. The fourth-order valence-electron chi connectivity index (χ4n) is 3.73. The maximum Gasteiger partial charge on any atom is 0.309 e. The van der Waals surface area contributed by atoms with E-state index in [2.05, 4.69) is 4.98 Å². The van der Waals surface area contributed by atoms with Gasteiger partial charge in [-0.05, 0) is 41.7 Å². The number of carbonyl (C=O) groups is 1. The standard InChI is InChI=1S/C24H23ClN2O4S/c25-23-22(7-4-14-26-23)32(29,30)27-15-12-21(13-16-27)24(28)31-17-18-8-10-20(11-9-18)19-5-2-1-3-6-19/h1-11,14,21H,12-13,15-17H2. The third kappa shape index (κ3) is 5.01. The molecule has 2 heterocycles. The lowest BCUT2D eigenvalue weighted by Gasteiger charge is -2.30. The van der Waals surface area contributed by atoms with Crippen molar-refractivity contribution in [1.29, 1.82) is 0 Å². The monoisotopic (exact) mass is 470 g/mol. The van der Waals surface area contributed by atoms with Crippen molar-refractivity contribution >= 4 is 27.6 Å². The summed E-state index contributed by atoms with van der Waals surface area (Å²) in [5.74, 6) is -0.622. The molecule has 1 aromatic heterocycles. The zero-order valence-electron chi connectivity index (χ0n) is 17.4. The zero-order chi connectivity index (χ0) is 22.6. The summed E-state index contributed by atoms with van der Waals surface area (Å²) in [5.41, 5.74) is 3.14. The van der Waals surface area contributed by atoms with Crippen LogP contribution in [0.15, 0.2) is 77.8 Å². The number of sulfonamides is 1. The second kappa shape index (κ2) is 9.81. The molecule has 0 aliphatic carbocycles. The number of halogens is 1. The number of rotatable bonds is 6. The van der Waals surface area contributed by atoms with Crippen LogP contribution in [0.5, 0.6) is 0 Å². The Morgan fingerprint density at radius 3 is 2.28 bits per heavy atom. The van der Waals surface area contributed by atoms with Crippen LogP contribution in [0.3, 0.4) is 0 Å². The van der Waals surface area contributed by atoms with Gasteiger partial charge in [-0.2, -0.15) is 4.31 Å². The van der Waals surface area contributed by atoms with E-state index in [1.54, 1.807) is 0 Å². The van der Waals surface area contributed by atoms with Crippen molar-refractivity contribution in [1.82, 2.24) is 9.29 Å². The number of hydrogen-bond donors (Lipinski definition) is 0. The minimum atomic E-state index is -3.74. The Morgan fingerprint density at radius 1 is 0.969 bits per heavy atom. The topological polar surface area (TPSA) is 76.6 Å². The zero-order valence-corrected chi connectivity index (χ0v) is 18.9. The molecule has 0 amide bonds. The highest BCUT2D eigenvalue weighted by atomic mass is 35.5. The molecule has 1 saturated heterocycles. The highest BCUT2D eigenvalue weighted by Crippen LogP contribution is 2.28. The molecular formula is C24H23ClN2O4S. The number of carbonyl (C=O) groups excluding carboxylic acids is 1. The number of esters is 1. The van der Waals surface area contributed by atoms with Crippen molar-refractivity contribution in [3.8, 4) is 11.1 Å². The second-order valence-electron chi connectivity index (χ2n) is 7.64. The van der Waals surface area contributed by atoms with Crippen LogP contribution in [0.25, 0.3) is 11.1 Å². The van der Waals surface area contributed by atoms with Crippen LogP contribution in [0.2, 0.25) is 5.15 Å². The summed E-state index contributed by atoms with van der Waals surface area (Å²) in [5, 5.41) is -0.0488. The summed E-state index contributed by atoms with van der Waals surface area (Å²) in [7, 11) is -3.74. The van der Waals surface area contributed by atoms with Crippen molar-refractivity contribution in [3.05, 3.63) is 83.6 Å². The molecule has 1 aliphatic heterocycles. The van der Waals surface area contributed by atoms with E-state index in [1.165, 1.54) is 22.6 Å². The van der Waals surface area contributed by atoms with Crippen molar-refractivity contribution in [2.24, 2.45) is 5.92 Å². The van der Waals surface area contributed by atoms with Gasteiger partial charge in [-0.25, -0.2) is 13.4 Å². The normalized spacial score (nSPS) is 15.4. The second-order valence-corrected chi connectivity index (χ2v) is 9.91. The van der Waals surface area contributed by atoms with Gasteiger partial charge in [0.15, 0.2) is 0 Å². The van der Waals surface area contributed by atoms with Gasteiger partial charge in [0.25, 0.3) is 0 Å². The van der Waals surface area contributed by atoms with Gasteiger partial charge in [-0.1, -0.05) is 66.2 Å². The highest BCUT2D eigenvalue weighted by Gasteiger charge is 2.34. The van der Waals surface area contributed by atoms with Crippen molar-refractivity contribution in [3.63, 3.8) is 0 Å². The molecule has 0 bridgehead atoms. The minimum Gasteiger partial charge on any atom is -0.461 e. The summed E-state index contributed by atoms with van der Waals surface area (Å²) >= 11 is 5.96. The van der Waals surface area contributed by atoms with Gasteiger partial charge in [0, 0.05) is 19.3 Å². The van der Waals surface area contributed by atoms with E-state index in [9.17, 15) is 13.2 Å². The Kier molecular flexibility index (Phi) is 6.89. The summed E-state index contributed by atoms with van der Waals surface area (Å²) in [6, 6.07) is 20.9.